The Morgan fingerprint density at radius 2 is 2.17 bits per heavy atom. The molecule has 0 aliphatic rings. The van der Waals surface area contributed by atoms with Crippen LogP contribution in [0.2, 0.25) is 5.02 Å². The van der Waals surface area contributed by atoms with E-state index in [1.165, 1.54) is 0 Å². The Hall–Kier alpha value is -0.820. The van der Waals surface area contributed by atoms with E-state index in [-0.39, 0.29) is 5.75 Å². The Kier molecular flexibility index (Phi) is 5.87. The minimum Gasteiger partial charge on any atom is -0.481 e. The maximum Gasteiger partial charge on any atom is 0.313 e. The van der Waals surface area contributed by atoms with Gasteiger partial charge in [-0.05, 0) is 30.5 Å². The van der Waals surface area contributed by atoms with E-state index in [1.54, 1.807) is 12.1 Å². The zero-order valence-corrected chi connectivity index (χ0v) is 12.0. The molecule has 0 heterocycles. The fourth-order valence-corrected chi connectivity index (χ4v) is 2.79. The van der Waals surface area contributed by atoms with E-state index in [9.17, 15) is 4.79 Å². The highest BCUT2D eigenvalue weighted by atomic mass is 35.5. The molecule has 18 heavy (non-hydrogen) atoms. The van der Waals surface area contributed by atoms with Gasteiger partial charge in [-0.2, -0.15) is 0 Å². The molecular weight excluding hydrogens is 292 g/mol. The quantitative estimate of drug-likeness (QED) is 0.725. The lowest BCUT2D eigenvalue weighted by Gasteiger charge is -2.10. The molecule has 0 saturated carbocycles. The number of thioether (sulfide) groups is 1. The molecule has 1 rings (SSSR count). The predicted molar refractivity (Wildman–Crippen MR) is 79.2 cm³/mol. The van der Waals surface area contributed by atoms with Crippen molar-refractivity contribution in [1.82, 2.24) is 0 Å². The van der Waals surface area contributed by atoms with Gasteiger partial charge in [0.2, 0.25) is 0 Å². The highest BCUT2D eigenvalue weighted by Crippen LogP contribution is 2.33. The van der Waals surface area contributed by atoms with Gasteiger partial charge in [0.1, 0.15) is 0 Å². The van der Waals surface area contributed by atoms with E-state index in [0.29, 0.717) is 20.5 Å². The molecule has 0 spiro atoms. The van der Waals surface area contributed by atoms with Crippen LogP contribution in [-0.2, 0) is 4.79 Å². The van der Waals surface area contributed by atoms with Crippen molar-refractivity contribution in [3.8, 4) is 0 Å². The van der Waals surface area contributed by atoms with Crippen LogP contribution >= 0.6 is 35.3 Å². The van der Waals surface area contributed by atoms with Crippen molar-refractivity contribution in [2.45, 2.75) is 6.92 Å². The normalized spacial score (nSPS) is 12.2. The van der Waals surface area contributed by atoms with Gasteiger partial charge in [0.05, 0.1) is 20.7 Å². The molecular formula is C11H13ClN2O2S2. The monoisotopic (exact) mass is 304 g/mol. The molecule has 5 N–H and O–H groups in total. The predicted octanol–water partition coefficient (Wildman–Crippen LogP) is 2.66. The van der Waals surface area contributed by atoms with Crippen LogP contribution in [0.15, 0.2) is 22.4 Å². The number of aliphatic carboxylic acids is 1. The first-order chi connectivity index (χ1) is 8.45. The standard InChI is InChI=1S/C11H13ClN2O2S2/c1-6-2-3-7(8(12)4-6)10(13)11(18-14)17-5-9(15)16/h2-4H,5,13-14H2,1H3,(H,15,16)/b11-10-. The van der Waals surface area contributed by atoms with E-state index < -0.39 is 5.97 Å². The van der Waals surface area contributed by atoms with Crippen molar-refractivity contribution in [2.75, 3.05) is 5.75 Å². The molecule has 1 aromatic rings. The number of nitrogens with two attached hydrogens (primary N) is 2. The smallest absolute Gasteiger partial charge is 0.313 e. The number of hydrogen-bond acceptors (Lipinski definition) is 5. The van der Waals surface area contributed by atoms with Crippen molar-refractivity contribution in [1.29, 1.82) is 0 Å². The van der Waals surface area contributed by atoms with Crippen molar-refractivity contribution in [2.24, 2.45) is 10.9 Å². The second-order valence-corrected chi connectivity index (χ2v) is 5.78. The average molecular weight is 305 g/mol. The van der Waals surface area contributed by atoms with Crippen molar-refractivity contribution >= 4 is 47.0 Å². The van der Waals surface area contributed by atoms with Gasteiger partial charge >= 0.3 is 5.97 Å². The summed E-state index contributed by atoms with van der Waals surface area (Å²) < 4.78 is 0.545. The summed E-state index contributed by atoms with van der Waals surface area (Å²) >= 11 is 8.10. The largest absolute Gasteiger partial charge is 0.481 e. The van der Waals surface area contributed by atoms with Crippen LogP contribution in [-0.4, -0.2) is 16.8 Å². The first kappa shape index (κ1) is 15.2. The number of rotatable bonds is 5. The highest BCUT2D eigenvalue weighted by molar-refractivity contribution is 8.21. The van der Waals surface area contributed by atoms with Crippen molar-refractivity contribution < 1.29 is 9.90 Å². The third-order valence-corrected chi connectivity index (χ3v) is 4.33. The second-order valence-electron chi connectivity index (χ2n) is 3.48. The molecule has 0 radical (unpaired) electrons. The van der Waals surface area contributed by atoms with E-state index in [2.05, 4.69) is 0 Å². The lowest BCUT2D eigenvalue weighted by molar-refractivity contribution is -0.133. The van der Waals surface area contributed by atoms with E-state index >= 15 is 0 Å². The molecule has 0 aliphatic heterocycles. The van der Waals surface area contributed by atoms with Crippen LogP contribution in [0.4, 0.5) is 0 Å². The second kappa shape index (κ2) is 6.94. The van der Waals surface area contributed by atoms with E-state index in [1.807, 2.05) is 13.0 Å². The highest BCUT2D eigenvalue weighted by Gasteiger charge is 2.11. The Labute approximate surface area is 119 Å². The summed E-state index contributed by atoms with van der Waals surface area (Å²) in [4.78, 5) is 10.5. The lowest BCUT2D eigenvalue weighted by Crippen LogP contribution is -2.04. The summed E-state index contributed by atoms with van der Waals surface area (Å²) in [5.41, 5.74) is 8.05. The summed E-state index contributed by atoms with van der Waals surface area (Å²) in [5, 5.41) is 14.7. The minimum absolute atomic E-state index is 0.0935. The lowest BCUT2D eigenvalue weighted by atomic mass is 10.1. The summed E-state index contributed by atoms with van der Waals surface area (Å²) in [6.45, 7) is 1.92. The van der Waals surface area contributed by atoms with Crippen LogP contribution in [0.1, 0.15) is 11.1 Å². The summed E-state index contributed by atoms with van der Waals surface area (Å²) in [5.74, 6) is -1.02. The van der Waals surface area contributed by atoms with Gasteiger partial charge in [0.15, 0.2) is 0 Å². The zero-order chi connectivity index (χ0) is 13.7. The SMILES string of the molecule is Cc1ccc(/C(N)=C(/SN)SCC(=O)O)c(Cl)c1. The Balaban J connectivity index is 3.06. The molecule has 0 fully saturated rings. The fourth-order valence-electron chi connectivity index (χ4n) is 1.25. The number of hydrogen-bond donors (Lipinski definition) is 3. The third kappa shape index (κ3) is 4.13. The summed E-state index contributed by atoms with van der Waals surface area (Å²) in [7, 11) is 0. The molecule has 0 unspecified atom stereocenters. The van der Waals surface area contributed by atoms with E-state index in [4.69, 9.17) is 27.6 Å². The van der Waals surface area contributed by atoms with Gasteiger partial charge in [-0.25, -0.2) is 0 Å². The number of aryl methyl sites for hydroxylation is 1. The molecule has 0 aliphatic carbocycles. The maximum absolute atomic E-state index is 10.5. The number of carboxylic acids is 1. The van der Waals surface area contributed by atoms with Gasteiger partial charge < -0.3 is 10.8 Å². The molecule has 0 saturated heterocycles. The summed E-state index contributed by atoms with van der Waals surface area (Å²) in [6, 6.07) is 5.48. The van der Waals surface area contributed by atoms with Gasteiger partial charge in [0.25, 0.3) is 0 Å². The first-order valence-electron chi connectivity index (χ1n) is 4.93. The molecule has 4 nitrogen and oxygen atoms in total. The molecule has 0 aromatic heterocycles. The molecule has 0 amide bonds. The van der Waals surface area contributed by atoms with Crippen molar-refractivity contribution in [3.05, 3.63) is 38.6 Å². The Morgan fingerprint density at radius 1 is 1.50 bits per heavy atom. The van der Waals surface area contributed by atoms with Gasteiger partial charge in [-0.3, -0.25) is 9.93 Å². The molecule has 98 valence electrons. The zero-order valence-electron chi connectivity index (χ0n) is 9.64. The van der Waals surface area contributed by atoms with Crippen LogP contribution in [0.5, 0.6) is 0 Å². The number of carbonyl (C=O) groups is 1. The third-order valence-electron chi connectivity index (χ3n) is 2.07. The molecule has 0 bridgehead atoms. The first-order valence-corrected chi connectivity index (χ1v) is 7.17. The van der Waals surface area contributed by atoms with Gasteiger partial charge in [-0.1, -0.05) is 23.7 Å². The number of carboxylic acid groups (broad SMARTS) is 1. The topological polar surface area (TPSA) is 89.3 Å². The Bertz CT molecular complexity index is 492. The van der Waals surface area contributed by atoms with Gasteiger partial charge in [0, 0.05) is 5.56 Å². The minimum atomic E-state index is -0.922. The van der Waals surface area contributed by atoms with Crippen LogP contribution in [0.3, 0.4) is 0 Å². The number of benzene rings is 1. The van der Waals surface area contributed by atoms with Crippen LogP contribution in [0, 0.1) is 6.92 Å². The van der Waals surface area contributed by atoms with Crippen molar-refractivity contribution in [3.63, 3.8) is 0 Å². The van der Waals surface area contributed by atoms with Crippen LogP contribution < -0.4 is 10.9 Å². The maximum atomic E-state index is 10.5. The fraction of sp³-hybridized carbons (Fsp3) is 0.182. The molecule has 1 aromatic carbocycles. The van der Waals surface area contributed by atoms with Crippen LogP contribution in [0.25, 0.3) is 5.70 Å². The van der Waals surface area contributed by atoms with E-state index in [0.717, 1.165) is 29.3 Å². The molecule has 7 heteroatoms. The summed E-state index contributed by atoms with van der Waals surface area (Å²) in [6.07, 6.45) is 0. The number of halogens is 1. The Morgan fingerprint density at radius 3 is 2.67 bits per heavy atom. The average Bonchev–Trinajstić information content (AvgIpc) is 2.29. The molecule has 0 atom stereocenters. The van der Waals surface area contributed by atoms with Gasteiger partial charge in [-0.15, -0.1) is 11.8 Å².